The Morgan fingerprint density at radius 1 is 1.31 bits per heavy atom. The van der Waals surface area contributed by atoms with Crippen LogP contribution in [0.25, 0.3) is 0 Å². The maximum absolute atomic E-state index is 12.3. The number of methoxy groups -OCH3 is 1. The van der Waals surface area contributed by atoms with E-state index < -0.39 is 0 Å². The second kappa shape index (κ2) is 10.00. The average Bonchev–Trinajstić information content (AvgIpc) is 3.14. The van der Waals surface area contributed by atoms with Gasteiger partial charge in [-0.05, 0) is 50.3 Å². The van der Waals surface area contributed by atoms with Crippen molar-refractivity contribution in [2.24, 2.45) is 0 Å². The van der Waals surface area contributed by atoms with Gasteiger partial charge < -0.3 is 24.8 Å². The van der Waals surface area contributed by atoms with E-state index in [1.807, 2.05) is 25.1 Å². The van der Waals surface area contributed by atoms with Crippen molar-refractivity contribution in [3.05, 3.63) is 23.8 Å². The molecule has 0 bridgehead atoms. The van der Waals surface area contributed by atoms with Gasteiger partial charge in [-0.15, -0.1) is 12.4 Å². The quantitative estimate of drug-likeness (QED) is 0.788. The van der Waals surface area contributed by atoms with Gasteiger partial charge in [-0.1, -0.05) is 6.07 Å². The molecule has 6 nitrogen and oxygen atoms in total. The highest BCUT2D eigenvalue weighted by molar-refractivity contribution is 5.85. The molecule has 1 aromatic carbocycles. The van der Waals surface area contributed by atoms with E-state index >= 15 is 0 Å². The summed E-state index contributed by atoms with van der Waals surface area (Å²) in [7, 11) is 1.64. The molecule has 0 unspecified atom stereocenters. The summed E-state index contributed by atoms with van der Waals surface area (Å²) in [5.74, 6) is 1.45. The number of hydrogen-bond donors (Lipinski definition) is 2. The molecule has 1 saturated carbocycles. The number of halogens is 1. The number of carbonyl (C=O) groups excluding carboxylic acids is 1. The molecule has 2 atom stereocenters. The van der Waals surface area contributed by atoms with Crippen LogP contribution in [0, 0.1) is 0 Å². The van der Waals surface area contributed by atoms with E-state index in [0.29, 0.717) is 31.5 Å². The van der Waals surface area contributed by atoms with Crippen molar-refractivity contribution in [1.82, 2.24) is 10.6 Å². The fraction of sp³-hybridized carbons (Fsp3) is 0.632. The summed E-state index contributed by atoms with van der Waals surface area (Å²) in [5.41, 5.74) is 0.980. The molecule has 0 radical (unpaired) electrons. The smallest absolute Gasteiger partial charge is 0.240 e. The van der Waals surface area contributed by atoms with Gasteiger partial charge in [0, 0.05) is 13.1 Å². The first kappa shape index (κ1) is 20.8. The summed E-state index contributed by atoms with van der Waals surface area (Å²) in [6.07, 6.45) is 4.84. The number of morpholine rings is 1. The van der Waals surface area contributed by atoms with E-state index in [0.717, 1.165) is 24.2 Å². The first-order valence-electron chi connectivity index (χ1n) is 9.13. The molecule has 2 N–H and O–H groups in total. The summed E-state index contributed by atoms with van der Waals surface area (Å²) >= 11 is 0. The minimum Gasteiger partial charge on any atom is -0.493 e. The number of nitrogens with one attached hydrogen (secondary N) is 2. The van der Waals surface area contributed by atoms with Crippen molar-refractivity contribution in [2.75, 3.05) is 20.3 Å². The lowest BCUT2D eigenvalue weighted by Crippen LogP contribution is -2.55. The topological polar surface area (TPSA) is 68.8 Å². The van der Waals surface area contributed by atoms with Crippen molar-refractivity contribution in [3.8, 4) is 11.5 Å². The number of carbonyl (C=O) groups is 1. The minimum absolute atomic E-state index is 0. The Morgan fingerprint density at radius 3 is 2.77 bits per heavy atom. The second-order valence-electron chi connectivity index (χ2n) is 6.74. The average molecular weight is 385 g/mol. The Bertz CT molecular complexity index is 593. The lowest BCUT2D eigenvalue weighted by molar-refractivity contribution is -0.129. The molecule has 1 aromatic rings. The summed E-state index contributed by atoms with van der Waals surface area (Å²) < 4.78 is 17.0. The molecule has 2 aliphatic rings. The number of benzene rings is 1. The van der Waals surface area contributed by atoms with E-state index in [4.69, 9.17) is 14.2 Å². The van der Waals surface area contributed by atoms with Crippen molar-refractivity contribution in [3.63, 3.8) is 0 Å². The molecule has 0 spiro atoms. The van der Waals surface area contributed by atoms with Gasteiger partial charge in [-0.3, -0.25) is 4.79 Å². The van der Waals surface area contributed by atoms with Gasteiger partial charge in [-0.2, -0.15) is 0 Å². The van der Waals surface area contributed by atoms with Crippen LogP contribution in [-0.2, 0) is 16.1 Å². The van der Waals surface area contributed by atoms with Crippen LogP contribution in [-0.4, -0.2) is 44.4 Å². The molecule has 1 amide bonds. The molecule has 7 heteroatoms. The molecule has 1 aliphatic heterocycles. The summed E-state index contributed by atoms with van der Waals surface area (Å²) in [5, 5.41) is 6.16. The largest absolute Gasteiger partial charge is 0.493 e. The third-order valence-electron chi connectivity index (χ3n) is 4.89. The summed E-state index contributed by atoms with van der Waals surface area (Å²) in [4.78, 5) is 12.3. The first-order chi connectivity index (χ1) is 12.2. The Labute approximate surface area is 161 Å². The summed E-state index contributed by atoms with van der Waals surface area (Å²) in [6, 6.07) is 5.53. The summed E-state index contributed by atoms with van der Waals surface area (Å²) in [6.45, 7) is 3.70. The number of amides is 1. The number of ether oxygens (including phenoxy) is 3. The molecule has 1 saturated heterocycles. The third kappa shape index (κ3) is 5.25. The van der Waals surface area contributed by atoms with Gasteiger partial charge in [0.15, 0.2) is 11.5 Å². The third-order valence-corrected chi connectivity index (χ3v) is 4.89. The van der Waals surface area contributed by atoms with Gasteiger partial charge in [0.1, 0.15) is 6.04 Å². The maximum atomic E-state index is 12.3. The zero-order valence-electron chi connectivity index (χ0n) is 15.5. The lowest BCUT2D eigenvalue weighted by Gasteiger charge is -2.29. The Kier molecular flexibility index (Phi) is 8.00. The van der Waals surface area contributed by atoms with Crippen LogP contribution in [0.1, 0.15) is 38.2 Å². The molecule has 26 heavy (non-hydrogen) atoms. The van der Waals surface area contributed by atoms with E-state index in [-0.39, 0.29) is 30.5 Å². The zero-order valence-corrected chi connectivity index (χ0v) is 16.3. The maximum Gasteiger partial charge on any atom is 0.240 e. The predicted molar refractivity (Wildman–Crippen MR) is 102 cm³/mol. The number of hydrogen-bond acceptors (Lipinski definition) is 5. The van der Waals surface area contributed by atoms with Crippen LogP contribution in [0.15, 0.2) is 18.2 Å². The normalized spacial score (nSPS) is 23.2. The highest BCUT2D eigenvalue weighted by Crippen LogP contribution is 2.32. The molecule has 2 fully saturated rings. The van der Waals surface area contributed by atoms with E-state index in [9.17, 15) is 4.79 Å². The van der Waals surface area contributed by atoms with Gasteiger partial charge in [-0.25, -0.2) is 0 Å². The fourth-order valence-electron chi connectivity index (χ4n) is 3.43. The molecular formula is C19H29ClN2O4. The Morgan fingerprint density at radius 2 is 2.08 bits per heavy atom. The minimum atomic E-state index is -0.305. The van der Waals surface area contributed by atoms with Crippen LogP contribution < -0.4 is 20.1 Å². The van der Waals surface area contributed by atoms with E-state index in [1.54, 1.807) is 7.11 Å². The second-order valence-corrected chi connectivity index (χ2v) is 6.74. The molecule has 3 rings (SSSR count). The molecule has 1 aliphatic carbocycles. The van der Waals surface area contributed by atoms with Gasteiger partial charge in [0.2, 0.25) is 5.91 Å². The molecule has 146 valence electrons. The van der Waals surface area contributed by atoms with Crippen LogP contribution in [0.4, 0.5) is 0 Å². The standard InChI is InChI=1S/C19H28N2O4.ClH/c1-13-18(20-9-10-24-13)19(22)21-12-14-7-8-16(17(11-14)23-2)25-15-5-3-4-6-15;/h7-8,11,13,15,18,20H,3-6,9-10,12H2,1-2H3,(H,21,22);1H/t13-,18+;/m1./s1. The van der Waals surface area contributed by atoms with Crippen LogP contribution in [0.3, 0.4) is 0 Å². The van der Waals surface area contributed by atoms with Gasteiger partial charge in [0.25, 0.3) is 0 Å². The van der Waals surface area contributed by atoms with Crippen molar-refractivity contribution < 1.29 is 19.0 Å². The van der Waals surface area contributed by atoms with E-state index in [2.05, 4.69) is 10.6 Å². The number of rotatable bonds is 6. The molecule has 1 heterocycles. The predicted octanol–water partition coefficient (Wildman–Crippen LogP) is 2.43. The van der Waals surface area contributed by atoms with Gasteiger partial charge in [0.05, 0.1) is 25.9 Å². The SMILES string of the molecule is COc1cc(CNC(=O)[C@H]2NCCO[C@@H]2C)ccc1OC1CCCC1.Cl. The molecular weight excluding hydrogens is 356 g/mol. The van der Waals surface area contributed by atoms with Gasteiger partial charge >= 0.3 is 0 Å². The zero-order chi connectivity index (χ0) is 17.6. The fourth-order valence-corrected chi connectivity index (χ4v) is 3.43. The highest BCUT2D eigenvalue weighted by Gasteiger charge is 2.28. The lowest BCUT2D eigenvalue weighted by atomic mass is 10.1. The van der Waals surface area contributed by atoms with Crippen molar-refractivity contribution in [1.29, 1.82) is 0 Å². The van der Waals surface area contributed by atoms with Crippen LogP contribution in [0.2, 0.25) is 0 Å². The van der Waals surface area contributed by atoms with E-state index in [1.165, 1.54) is 12.8 Å². The monoisotopic (exact) mass is 384 g/mol. The van der Waals surface area contributed by atoms with Crippen LogP contribution >= 0.6 is 12.4 Å². The van der Waals surface area contributed by atoms with Crippen molar-refractivity contribution in [2.45, 2.75) is 57.4 Å². The Balaban J connectivity index is 0.00000243. The highest BCUT2D eigenvalue weighted by atomic mass is 35.5. The molecule has 0 aromatic heterocycles. The van der Waals surface area contributed by atoms with Crippen molar-refractivity contribution >= 4 is 18.3 Å². The Hall–Kier alpha value is -1.50. The van der Waals surface area contributed by atoms with Crippen LogP contribution in [0.5, 0.6) is 11.5 Å². The first-order valence-corrected chi connectivity index (χ1v) is 9.13.